The highest BCUT2D eigenvalue weighted by molar-refractivity contribution is 5.78. The third-order valence-electron chi connectivity index (χ3n) is 5.43. The highest BCUT2D eigenvalue weighted by Gasteiger charge is 2.33. The molecule has 3 aliphatic rings. The van der Waals surface area contributed by atoms with E-state index in [0.717, 1.165) is 45.7 Å². The number of carbonyl (C=O) groups is 1. The molecular formula is C16H30N4O. The van der Waals surface area contributed by atoms with E-state index >= 15 is 0 Å². The van der Waals surface area contributed by atoms with Gasteiger partial charge >= 0.3 is 0 Å². The zero-order chi connectivity index (χ0) is 14.7. The van der Waals surface area contributed by atoms with Gasteiger partial charge in [-0.1, -0.05) is 19.8 Å². The Balaban J connectivity index is 1.35. The van der Waals surface area contributed by atoms with Gasteiger partial charge in [0.25, 0.3) is 0 Å². The van der Waals surface area contributed by atoms with Gasteiger partial charge in [-0.25, -0.2) is 0 Å². The molecule has 0 radical (unpaired) electrons. The maximum Gasteiger partial charge on any atom is 0.234 e. The molecule has 5 nitrogen and oxygen atoms in total. The molecule has 1 amide bonds. The Hall–Kier alpha value is -0.650. The number of hydrogen-bond donors (Lipinski definition) is 2. The van der Waals surface area contributed by atoms with E-state index in [1.807, 2.05) is 0 Å². The first kappa shape index (κ1) is 15.3. The molecule has 1 saturated carbocycles. The highest BCUT2D eigenvalue weighted by atomic mass is 16.2. The van der Waals surface area contributed by atoms with Gasteiger partial charge in [0.2, 0.25) is 5.91 Å². The molecule has 2 saturated heterocycles. The molecule has 0 bridgehead atoms. The Bertz CT molecular complexity index is 350. The molecule has 0 aromatic rings. The smallest absolute Gasteiger partial charge is 0.234 e. The molecule has 2 unspecified atom stereocenters. The van der Waals surface area contributed by atoms with E-state index in [1.54, 1.807) is 0 Å². The zero-order valence-corrected chi connectivity index (χ0v) is 13.3. The predicted octanol–water partition coefficient (Wildman–Crippen LogP) is 0.271. The summed E-state index contributed by atoms with van der Waals surface area (Å²) < 4.78 is 0. The van der Waals surface area contributed by atoms with Crippen LogP contribution in [-0.2, 0) is 4.79 Å². The van der Waals surface area contributed by atoms with Crippen molar-refractivity contribution in [1.29, 1.82) is 0 Å². The number of hydrogen-bond acceptors (Lipinski definition) is 4. The summed E-state index contributed by atoms with van der Waals surface area (Å²) >= 11 is 0. The standard InChI is InChI=1S/C16H30N4O/c1-13-4-2-3-5-15(13)18-16(21)12-19-10-14(11-19)20-8-6-17-7-9-20/h13-15,17H,2-12H2,1H3,(H,18,21). The maximum atomic E-state index is 12.2. The summed E-state index contributed by atoms with van der Waals surface area (Å²) in [7, 11) is 0. The van der Waals surface area contributed by atoms with Gasteiger partial charge in [0.05, 0.1) is 6.54 Å². The average Bonchev–Trinajstić information content (AvgIpc) is 2.46. The molecule has 0 spiro atoms. The van der Waals surface area contributed by atoms with Crippen molar-refractivity contribution in [1.82, 2.24) is 20.4 Å². The van der Waals surface area contributed by atoms with Crippen molar-refractivity contribution in [3.8, 4) is 0 Å². The second kappa shape index (κ2) is 7.07. The van der Waals surface area contributed by atoms with E-state index in [0.29, 0.717) is 24.5 Å². The molecule has 2 heterocycles. The highest BCUT2D eigenvalue weighted by Crippen LogP contribution is 2.23. The summed E-state index contributed by atoms with van der Waals surface area (Å²) in [6.07, 6.45) is 5.02. The second-order valence-corrected chi connectivity index (χ2v) is 7.07. The Labute approximate surface area is 128 Å². The van der Waals surface area contributed by atoms with E-state index in [-0.39, 0.29) is 5.91 Å². The van der Waals surface area contributed by atoms with Gasteiger partial charge in [-0.05, 0) is 18.8 Å². The topological polar surface area (TPSA) is 47.6 Å². The van der Waals surface area contributed by atoms with Crippen molar-refractivity contribution in [3.05, 3.63) is 0 Å². The molecule has 1 aliphatic carbocycles. The summed E-state index contributed by atoms with van der Waals surface area (Å²) in [5.41, 5.74) is 0. The van der Waals surface area contributed by atoms with Crippen LogP contribution >= 0.6 is 0 Å². The fraction of sp³-hybridized carbons (Fsp3) is 0.938. The van der Waals surface area contributed by atoms with Gasteiger partial charge < -0.3 is 10.6 Å². The predicted molar refractivity (Wildman–Crippen MR) is 84.2 cm³/mol. The van der Waals surface area contributed by atoms with Crippen molar-refractivity contribution in [2.45, 2.75) is 44.7 Å². The van der Waals surface area contributed by atoms with Crippen LogP contribution in [0.3, 0.4) is 0 Å². The van der Waals surface area contributed by atoms with Crippen LogP contribution in [0.1, 0.15) is 32.6 Å². The third-order valence-corrected chi connectivity index (χ3v) is 5.43. The number of amides is 1. The fourth-order valence-electron chi connectivity index (χ4n) is 3.94. The van der Waals surface area contributed by atoms with Crippen molar-refractivity contribution < 1.29 is 4.79 Å². The van der Waals surface area contributed by atoms with Gasteiger partial charge in [0, 0.05) is 51.4 Å². The van der Waals surface area contributed by atoms with Crippen molar-refractivity contribution in [3.63, 3.8) is 0 Å². The minimum atomic E-state index is 0.229. The summed E-state index contributed by atoms with van der Waals surface area (Å²) in [4.78, 5) is 17.0. The van der Waals surface area contributed by atoms with Crippen molar-refractivity contribution in [2.24, 2.45) is 5.92 Å². The normalized spacial score (nSPS) is 32.6. The van der Waals surface area contributed by atoms with E-state index in [4.69, 9.17) is 0 Å². The Kier molecular flexibility index (Phi) is 5.14. The van der Waals surface area contributed by atoms with E-state index in [2.05, 4.69) is 27.4 Å². The van der Waals surface area contributed by atoms with E-state index in [9.17, 15) is 4.79 Å². The number of nitrogens with zero attached hydrogens (tertiary/aromatic N) is 2. The van der Waals surface area contributed by atoms with Crippen LogP contribution in [0, 0.1) is 5.92 Å². The molecule has 0 aromatic heterocycles. The van der Waals surface area contributed by atoms with Crippen molar-refractivity contribution in [2.75, 3.05) is 45.8 Å². The molecular weight excluding hydrogens is 264 g/mol. The summed E-state index contributed by atoms with van der Waals surface area (Å²) in [6.45, 7) is 9.52. The Morgan fingerprint density at radius 2 is 1.90 bits per heavy atom. The molecule has 0 aromatic carbocycles. The summed E-state index contributed by atoms with van der Waals surface area (Å²) in [5.74, 6) is 0.875. The lowest BCUT2D eigenvalue weighted by atomic mass is 9.86. The van der Waals surface area contributed by atoms with E-state index < -0.39 is 0 Å². The molecule has 2 N–H and O–H groups in total. The minimum absolute atomic E-state index is 0.229. The average molecular weight is 294 g/mol. The van der Waals surface area contributed by atoms with Crippen LogP contribution in [0.15, 0.2) is 0 Å². The molecule has 3 fully saturated rings. The van der Waals surface area contributed by atoms with Gasteiger partial charge in [-0.2, -0.15) is 0 Å². The molecule has 5 heteroatoms. The molecule has 2 atom stereocenters. The molecule has 3 rings (SSSR count). The number of likely N-dealkylation sites (tertiary alicyclic amines) is 1. The molecule has 2 aliphatic heterocycles. The quantitative estimate of drug-likeness (QED) is 0.781. The zero-order valence-electron chi connectivity index (χ0n) is 13.3. The molecule has 21 heavy (non-hydrogen) atoms. The maximum absolute atomic E-state index is 12.2. The lowest BCUT2D eigenvalue weighted by molar-refractivity contribution is -0.125. The van der Waals surface area contributed by atoms with Crippen LogP contribution < -0.4 is 10.6 Å². The van der Waals surface area contributed by atoms with Gasteiger partial charge in [0.1, 0.15) is 0 Å². The van der Waals surface area contributed by atoms with Gasteiger partial charge in [-0.15, -0.1) is 0 Å². The largest absolute Gasteiger partial charge is 0.352 e. The Morgan fingerprint density at radius 1 is 1.19 bits per heavy atom. The monoisotopic (exact) mass is 294 g/mol. The fourth-order valence-corrected chi connectivity index (χ4v) is 3.94. The first-order valence-electron chi connectivity index (χ1n) is 8.69. The number of nitrogens with one attached hydrogen (secondary N) is 2. The van der Waals surface area contributed by atoms with Crippen LogP contribution in [0.2, 0.25) is 0 Å². The van der Waals surface area contributed by atoms with Crippen LogP contribution in [-0.4, -0.2) is 73.6 Å². The van der Waals surface area contributed by atoms with Crippen LogP contribution in [0.25, 0.3) is 0 Å². The van der Waals surface area contributed by atoms with Gasteiger partial charge in [0.15, 0.2) is 0 Å². The van der Waals surface area contributed by atoms with Crippen LogP contribution in [0.4, 0.5) is 0 Å². The summed E-state index contributed by atoms with van der Waals surface area (Å²) in [5, 5.41) is 6.65. The Morgan fingerprint density at radius 3 is 2.62 bits per heavy atom. The van der Waals surface area contributed by atoms with Crippen molar-refractivity contribution >= 4 is 5.91 Å². The first-order valence-corrected chi connectivity index (χ1v) is 8.69. The first-order chi connectivity index (χ1) is 10.2. The minimum Gasteiger partial charge on any atom is -0.352 e. The third kappa shape index (κ3) is 3.96. The number of carbonyl (C=O) groups excluding carboxylic acids is 1. The lowest BCUT2D eigenvalue weighted by Crippen LogP contribution is -2.64. The second-order valence-electron chi connectivity index (χ2n) is 7.07. The molecule has 120 valence electrons. The summed E-state index contributed by atoms with van der Waals surface area (Å²) in [6, 6.07) is 1.09. The van der Waals surface area contributed by atoms with E-state index in [1.165, 1.54) is 19.3 Å². The number of piperazine rings is 1. The number of rotatable bonds is 4. The lowest BCUT2D eigenvalue weighted by Gasteiger charge is -2.46. The van der Waals surface area contributed by atoms with Crippen LogP contribution in [0.5, 0.6) is 0 Å². The van der Waals surface area contributed by atoms with Gasteiger partial charge in [-0.3, -0.25) is 14.6 Å². The SMILES string of the molecule is CC1CCCCC1NC(=O)CN1CC(N2CCNCC2)C1.